The standard InChI is InChI=1S/C25H22BrN7O2/c1-35-24-5-2-16(9-29-24)15-33(34)20-7-21(33)14-31(13-20)23-4-3-17(10-28-23)22-6-19(26)12-32-25(22)18(8-27)11-30-32/h2-6,9-12,20-21H,7,13-15H2,1H3. The van der Waals surface area contributed by atoms with Crippen molar-refractivity contribution in [2.24, 2.45) is 0 Å². The third kappa shape index (κ3) is 3.63. The number of nitriles is 1. The Kier molecular flexibility index (Phi) is 5.21. The van der Waals surface area contributed by atoms with Crippen molar-refractivity contribution in [3.05, 3.63) is 75.9 Å². The zero-order valence-electron chi connectivity index (χ0n) is 19.0. The van der Waals surface area contributed by atoms with Gasteiger partial charge in [-0.05, 0) is 40.2 Å². The Balaban J connectivity index is 1.21. The quantitative estimate of drug-likeness (QED) is 0.284. The number of hydrogen-bond donors (Lipinski definition) is 0. The zero-order valence-corrected chi connectivity index (χ0v) is 20.6. The van der Waals surface area contributed by atoms with Crippen LogP contribution in [0.25, 0.3) is 16.6 Å². The van der Waals surface area contributed by atoms with Gasteiger partial charge in [0.25, 0.3) is 0 Å². The number of methoxy groups -OCH3 is 1. The van der Waals surface area contributed by atoms with Crippen LogP contribution in [0.1, 0.15) is 17.5 Å². The van der Waals surface area contributed by atoms with Crippen molar-refractivity contribution in [3.63, 3.8) is 0 Å². The largest absolute Gasteiger partial charge is 0.632 e. The Labute approximate surface area is 210 Å². The van der Waals surface area contributed by atoms with E-state index in [4.69, 9.17) is 9.72 Å². The van der Waals surface area contributed by atoms with Gasteiger partial charge in [-0.1, -0.05) is 0 Å². The van der Waals surface area contributed by atoms with E-state index in [1.54, 1.807) is 30.1 Å². The number of pyridine rings is 3. The van der Waals surface area contributed by atoms with Crippen LogP contribution in [-0.2, 0) is 6.54 Å². The number of rotatable bonds is 5. The molecule has 10 heteroatoms. The number of halogens is 1. The Morgan fingerprint density at radius 1 is 1.17 bits per heavy atom. The molecule has 0 aromatic carbocycles. The molecular weight excluding hydrogens is 510 g/mol. The molecule has 0 saturated carbocycles. The van der Waals surface area contributed by atoms with E-state index in [1.807, 2.05) is 36.7 Å². The smallest absolute Gasteiger partial charge is 0.212 e. The van der Waals surface area contributed by atoms with Gasteiger partial charge in [-0.15, -0.1) is 0 Å². The molecule has 7 heterocycles. The summed E-state index contributed by atoms with van der Waals surface area (Å²) in [6.45, 7) is 1.79. The lowest BCUT2D eigenvalue weighted by molar-refractivity contribution is -0.984. The average Bonchev–Trinajstić information content (AvgIpc) is 3.31. The Bertz CT molecular complexity index is 1430. The molecule has 4 aromatic rings. The molecule has 9 nitrogen and oxygen atoms in total. The SMILES string of the molecule is COc1ccc(C[N+]2([O-])C3CC2CN(c2ccc(-c4cc(Br)cn5ncc(C#N)c45)cn2)C3)cn1. The molecule has 2 unspecified atom stereocenters. The van der Waals surface area contributed by atoms with Crippen molar-refractivity contribution < 1.29 is 9.38 Å². The van der Waals surface area contributed by atoms with E-state index in [9.17, 15) is 10.5 Å². The van der Waals surface area contributed by atoms with Crippen molar-refractivity contribution >= 4 is 27.3 Å². The van der Waals surface area contributed by atoms with Gasteiger partial charge in [0.05, 0.1) is 43.9 Å². The highest BCUT2D eigenvalue weighted by molar-refractivity contribution is 9.10. The van der Waals surface area contributed by atoms with E-state index in [0.29, 0.717) is 31.1 Å². The maximum absolute atomic E-state index is 13.6. The number of aromatic nitrogens is 4. The second kappa shape index (κ2) is 8.30. The Hall–Kier alpha value is -3.52. The predicted octanol–water partition coefficient (Wildman–Crippen LogP) is 3.91. The van der Waals surface area contributed by atoms with E-state index >= 15 is 0 Å². The van der Waals surface area contributed by atoms with Gasteiger partial charge in [0.2, 0.25) is 5.88 Å². The van der Waals surface area contributed by atoms with Crippen LogP contribution in [0, 0.1) is 16.5 Å². The normalized spacial score (nSPS) is 23.1. The summed E-state index contributed by atoms with van der Waals surface area (Å²) in [5, 5.41) is 27.4. The Morgan fingerprint density at radius 3 is 2.66 bits per heavy atom. The first-order chi connectivity index (χ1) is 17.0. The van der Waals surface area contributed by atoms with Gasteiger partial charge in [-0.25, -0.2) is 14.5 Å². The fraction of sp³-hybridized carbons (Fsp3) is 0.280. The molecule has 3 saturated heterocycles. The van der Waals surface area contributed by atoms with E-state index < -0.39 is 0 Å². The fourth-order valence-corrected chi connectivity index (χ4v) is 5.74. The first-order valence-electron chi connectivity index (χ1n) is 11.3. The molecule has 0 amide bonds. The van der Waals surface area contributed by atoms with E-state index in [-0.39, 0.29) is 16.7 Å². The fourth-order valence-electron chi connectivity index (χ4n) is 5.32. The van der Waals surface area contributed by atoms with Crippen LogP contribution in [0.3, 0.4) is 0 Å². The van der Waals surface area contributed by atoms with Crippen molar-refractivity contribution in [1.82, 2.24) is 19.6 Å². The maximum Gasteiger partial charge on any atom is 0.212 e. The van der Waals surface area contributed by atoms with Gasteiger partial charge in [0.1, 0.15) is 30.5 Å². The molecule has 2 atom stereocenters. The molecule has 3 fully saturated rings. The van der Waals surface area contributed by atoms with Crippen molar-refractivity contribution in [2.45, 2.75) is 25.0 Å². The number of hydrogen-bond acceptors (Lipinski definition) is 7. The first kappa shape index (κ1) is 22.0. The van der Waals surface area contributed by atoms with Gasteiger partial charge < -0.3 is 19.5 Å². The number of nitrogens with zero attached hydrogens (tertiary/aromatic N) is 7. The van der Waals surface area contributed by atoms with E-state index in [0.717, 1.165) is 38.9 Å². The van der Waals surface area contributed by atoms with Crippen LogP contribution in [-0.4, -0.2) is 56.5 Å². The lowest BCUT2D eigenvalue weighted by atomic mass is 9.85. The molecule has 0 spiro atoms. The first-order valence-corrected chi connectivity index (χ1v) is 12.1. The molecule has 0 N–H and O–H groups in total. The molecule has 0 radical (unpaired) electrons. The van der Waals surface area contributed by atoms with Crippen LogP contribution in [0.15, 0.2) is 59.6 Å². The molecule has 35 heavy (non-hydrogen) atoms. The van der Waals surface area contributed by atoms with Crippen molar-refractivity contribution in [2.75, 3.05) is 25.1 Å². The van der Waals surface area contributed by atoms with Crippen LogP contribution in [0.5, 0.6) is 5.88 Å². The third-order valence-corrected chi connectivity index (χ3v) is 7.59. The highest BCUT2D eigenvalue weighted by Gasteiger charge is 2.54. The van der Waals surface area contributed by atoms with Gasteiger partial charge >= 0.3 is 0 Å². The number of hydroxylamine groups is 3. The summed E-state index contributed by atoms with van der Waals surface area (Å²) in [4.78, 5) is 11.2. The number of anilines is 1. The summed E-state index contributed by atoms with van der Waals surface area (Å²) in [5.74, 6) is 1.41. The lowest BCUT2D eigenvalue weighted by Crippen LogP contribution is -2.77. The number of piperazine rings is 1. The molecule has 2 bridgehead atoms. The Morgan fingerprint density at radius 2 is 2.00 bits per heavy atom. The maximum atomic E-state index is 13.6. The summed E-state index contributed by atoms with van der Waals surface area (Å²) in [6, 6.07) is 12.0. The highest BCUT2D eigenvalue weighted by Crippen LogP contribution is 2.42. The zero-order chi connectivity index (χ0) is 24.2. The monoisotopic (exact) mass is 531 g/mol. The van der Waals surface area contributed by atoms with Gasteiger partial charge in [0.15, 0.2) is 0 Å². The summed E-state index contributed by atoms with van der Waals surface area (Å²) in [6.07, 6.45) is 7.91. The molecular formula is C25H22BrN7O2. The summed E-state index contributed by atoms with van der Waals surface area (Å²) >= 11 is 3.53. The minimum absolute atomic E-state index is 0.0204. The third-order valence-electron chi connectivity index (χ3n) is 7.16. The van der Waals surface area contributed by atoms with Crippen molar-refractivity contribution in [3.8, 4) is 23.1 Å². The molecule has 3 aliphatic rings. The molecule has 3 aliphatic heterocycles. The second-order valence-corrected chi connectivity index (χ2v) is 10.0. The number of quaternary nitrogens is 1. The minimum atomic E-state index is -0.198. The number of fused-ring (bicyclic) bond motifs is 3. The second-order valence-electron chi connectivity index (χ2n) is 9.11. The summed E-state index contributed by atoms with van der Waals surface area (Å²) in [5.41, 5.74) is 4.00. The van der Waals surface area contributed by atoms with Gasteiger partial charge in [-0.2, -0.15) is 10.4 Å². The average molecular weight is 532 g/mol. The van der Waals surface area contributed by atoms with Gasteiger partial charge in [-0.3, -0.25) is 0 Å². The number of ether oxygens (including phenoxy) is 1. The predicted molar refractivity (Wildman–Crippen MR) is 133 cm³/mol. The molecule has 7 rings (SSSR count). The van der Waals surface area contributed by atoms with Crippen LogP contribution in [0.4, 0.5) is 5.82 Å². The topological polar surface area (TPSA) is 102 Å². The summed E-state index contributed by atoms with van der Waals surface area (Å²) in [7, 11) is 1.58. The van der Waals surface area contributed by atoms with Crippen LogP contribution >= 0.6 is 15.9 Å². The van der Waals surface area contributed by atoms with Crippen LogP contribution in [0.2, 0.25) is 0 Å². The highest BCUT2D eigenvalue weighted by atomic mass is 79.9. The van der Waals surface area contributed by atoms with Crippen molar-refractivity contribution in [1.29, 1.82) is 5.26 Å². The van der Waals surface area contributed by atoms with Crippen LogP contribution < -0.4 is 9.64 Å². The van der Waals surface area contributed by atoms with E-state index in [1.165, 1.54) is 0 Å². The summed E-state index contributed by atoms with van der Waals surface area (Å²) < 4.78 is 7.49. The van der Waals surface area contributed by atoms with Gasteiger partial charge in [0, 0.05) is 45.8 Å². The molecule has 176 valence electrons. The minimum Gasteiger partial charge on any atom is -0.632 e. The molecule has 0 aliphatic carbocycles. The number of piperidine rings is 1. The van der Waals surface area contributed by atoms with E-state index in [2.05, 4.69) is 37.0 Å². The molecule has 4 aromatic heterocycles. The lowest BCUT2D eigenvalue weighted by Gasteiger charge is -2.66.